The molecule has 0 amide bonds. The molecule has 5 heterocycles. The van der Waals surface area contributed by atoms with Crippen molar-refractivity contribution < 1.29 is 22.0 Å². The van der Waals surface area contributed by atoms with Gasteiger partial charge in [-0.1, -0.05) is 0 Å². The van der Waals surface area contributed by atoms with Crippen LogP contribution in [0.5, 0.6) is 0 Å². The molecule has 8 nitrogen and oxygen atoms in total. The van der Waals surface area contributed by atoms with Crippen LogP contribution in [0, 0.1) is 0 Å². The Balaban J connectivity index is 1.28. The highest BCUT2D eigenvalue weighted by Crippen LogP contribution is 2.39. The molecule has 1 aliphatic heterocycles. The van der Waals surface area contributed by atoms with Crippen LogP contribution in [0.25, 0.3) is 17.2 Å². The number of nitrogens with zero attached hydrogens (tertiary/aromatic N) is 7. The highest BCUT2D eigenvalue weighted by atomic mass is 19.4. The number of aromatic nitrogens is 6. The molecule has 2 fully saturated rings. The minimum absolute atomic E-state index is 0.0543. The van der Waals surface area contributed by atoms with Crippen molar-refractivity contribution in [1.82, 2.24) is 34.4 Å². The molecular formula is C25H25F5N8. The maximum Gasteiger partial charge on any atom is 0.417 e. The van der Waals surface area contributed by atoms with E-state index in [-0.39, 0.29) is 30.7 Å². The van der Waals surface area contributed by atoms with Crippen LogP contribution < -0.4 is 4.90 Å². The predicted molar refractivity (Wildman–Crippen MR) is 129 cm³/mol. The Morgan fingerprint density at radius 2 is 1.82 bits per heavy atom. The molecule has 1 saturated heterocycles. The predicted octanol–water partition coefficient (Wildman–Crippen LogP) is 4.97. The zero-order valence-electron chi connectivity index (χ0n) is 20.2. The number of halogens is 5. The molecule has 13 heteroatoms. The molecular weight excluding hydrogens is 507 g/mol. The second kappa shape index (κ2) is 9.29. The van der Waals surface area contributed by atoms with Crippen molar-refractivity contribution in [2.75, 3.05) is 24.5 Å². The Morgan fingerprint density at radius 1 is 1.00 bits per heavy atom. The van der Waals surface area contributed by atoms with Gasteiger partial charge in [0.25, 0.3) is 0 Å². The van der Waals surface area contributed by atoms with Crippen molar-refractivity contribution in [1.29, 1.82) is 0 Å². The molecule has 200 valence electrons. The standard InChI is InChI=1S/C25H25F5N8/c26-24(27)6-3-18(4-7-24)37-10-9-36(15-20(37)16-11-33-34-12-16)22-5-8-31-23(35-22)19-13-32-21-2-1-17(14-38(19)21)25(28,29)30/h1-2,5,8,11-14,18,20H,3-4,6-7,9-10,15H2,(H,33,34). The number of anilines is 1. The zero-order valence-corrected chi connectivity index (χ0v) is 20.2. The van der Waals surface area contributed by atoms with Crippen molar-refractivity contribution in [3.05, 3.63) is 60.3 Å². The van der Waals surface area contributed by atoms with E-state index in [0.717, 1.165) is 17.8 Å². The van der Waals surface area contributed by atoms with Gasteiger partial charge in [0.2, 0.25) is 5.92 Å². The third kappa shape index (κ3) is 4.70. The molecule has 1 saturated carbocycles. The molecule has 0 bridgehead atoms. The summed E-state index contributed by atoms with van der Waals surface area (Å²) in [7, 11) is 0. The maximum atomic E-state index is 13.8. The molecule has 0 spiro atoms. The van der Waals surface area contributed by atoms with Crippen molar-refractivity contribution in [2.24, 2.45) is 0 Å². The average Bonchev–Trinajstić information content (AvgIpc) is 3.58. The number of piperazine rings is 1. The van der Waals surface area contributed by atoms with Crippen LogP contribution in [0.2, 0.25) is 0 Å². The highest BCUT2D eigenvalue weighted by molar-refractivity contribution is 5.59. The first kappa shape index (κ1) is 24.7. The van der Waals surface area contributed by atoms with E-state index in [4.69, 9.17) is 0 Å². The van der Waals surface area contributed by atoms with E-state index in [9.17, 15) is 22.0 Å². The molecule has 6 rings (SSSR count). The fraction of sp³-hybridized carbons (Fsp3) is 0.440. The monoisotopic (exact) mass is 532 g/mol. The van der Waals surface area contributed by atoms with E-state index in [1.807, 2.05) is 6.20 Å². The number of hydrogen-bond acceptors (Lipinski definition) is 6. The van der Waals surface area contributed by atoms with Crippen LogP contribution in [0.4, 0.5) is 27.8 Å². The molecule has 1 N–H and O–H groups in total. The Hall–Kier alpha value is -3.61. The minimum Gasteiger partial charge on any atom is -0.353 e. The number of aromatic amines is 1. The van der Waals surface area contributed by atoms with E-state index in [1.165, 1.54) is 16.7 Å². The second-order valence-corrected chi connectivity index (χ2v) is 9.84. The lowest BCUT2D eigenvalue weighted by Gasteiger charge is -2.47. The first-order valence-electron chi connectivity index (χ1n) is 12.4. The SMILES string of the molecule is FC1(F)CCC(N2CCN(c3ccnc(-c4cnc5ccc(C(F)(F)F)cn45)n3)CC2c2cn[nH]c2)CC1. The summed E-state index contributed by atoms with van der Waals surface area (Å²) < 4.78 is 68.9. The lowest BCUT2D eigenvalue weighted by Crippen LogP contribution is -2.53. The van der Waals surface area contributed by atoms with Gasteiger partial charge < -0.3 is 4.90 Å². The highest BCUT2D eigenvalue weighted by Gasteiger charge is 2.41. The first-order valence-corrected chi connectivity index (χ1v) is 12.4. The average molecular weight is 533 g/mol. The van der Waals surface area contributed by atoms with E-state index < -0.39 is 17.7 Å². The summed E-state index contributed by atoms with van der Waals surface area (Å²) in [6.45, 7) is 1.81. The van der Waals surface area contributed by atoms with Crippen LogP contribution in [0.15, 0.2) is 49.2 Å². The molecule has 1 atom stereocenters. The Bertz CT molecular complexity index is 1410. The zero-order chi connectivity index (χ0) is 26.5. The number of H-pyrrole nitrogens is 1. The van der Waals surface area contributed by atoms with Gasteiger partial charge in [-0.25, -0.2) is 23.7 Å². The smallest absolute Gasteiger partial charge is 0.353 e. The Kier molecular flexibility index (Phi) is 6.04. The second-order valence-electron chi connectivity index (χ2n) is 9.84. The summed E-state index contributed by atoms with van der Waals surface area (Å²) in [5.41, 5.74) is 0.873. The minimum atomic E-state index is -4.49. The van der Waals surface area contributed by atoms with E-state index in [1.54, 1.807) is 18.5 Å². The van der Waals surface area contributed by atoms with Gasteiger partial charge >= 0.3 is 6.18 Å². The van der Waals surface area contributed by atoms with Crippen LogP contribution in [-0.2, 0) is 6.18 Å². The summed E-state index contributed by atoms with van der Waals surface area (Å²) in [6.07, 6.45) is 3.76. The van der Waals surface area contributed by atoms with E-state index in [2.05, 4.69) is 34.9 Å². The number of alkyl halides is 5. The van der Waals surface area contributed by atoms with Gasteiger partial charge in [-0.3, -0.25) is 14.4 Å². The van der Waals surface area contributed by atoms with Crippen LogP contribution >= 0.6 is 0 Å². The summed E-state index contributed by atoms with van der Waals surface area (Å²) in [5.74, 6) is -1.72. The number of pyridine rings is 1. The van der Waals surface area contributed by atoms with Crippen molar-refractivity contribution >= 4 is 11.5 Å². The lowest BCUT2D eigenvalue weighted by molar-refractivity contribution is -0.137. The third-order valence-electron chi connectivity index (χ3n) is 7.51. The molecule has 4 aromatic heterocycles. The van der Waals surface area contributed by atoms with Crippen LogP contribution in [0.1, 0.15) is 42.9 Å². The molecule has 0 aromatic carbocycles. The molecule has 0 radical (unpaired) electrons. The fourth-order valence-electron chi connectivity index (χ4n) is 5.50. The molecule has 2 aliphatic rings. The maximum absolute atomic E-state index is 13.8. The number of nitrogens with one attached hydrogen (secondary N) is 1. The normalized spacial score (nSPS) is 21.3. The molecule has 1 aliphatic carbocycles. The summed E-state index contributed by atoms with van der Waals surface area (Å²) in [6, 6.07) is 4.04. The summed E-state index contributed by atoms with van der Waals surface area (Å²) in [5, 5.41) is 6.94. The van der Waals surface area contributed by atoms with Crippen LogP contribution in [-0.4, -0.2) is 66.0 Å². The summed E-state index contributed by atoms with van der Waals surface area (Å²) in [4.78, 5) is 17.6. The van der Waals surface area contributed by atoms with Gasteiger partial charge in [0.1, 0.15) is 17.2 Å². The van der Waals surface area contributed by atoms with Gasteiger partial charge in [-0.2, -0.15) is 18.3 Å². The van der Waals surface area contributed by atoms with Crippen molar-refractivity contribution in [3.63, 3.8) is 0 Å². The van der Waals surface area contributed by atoms with Gasteiger partial charge in [0.15, 0.2) is 5.82 Å². The quantitative estimate of drug-likeness (QED) is 0.374. The number of rotatable bonds is 4. The largest absolute Gasteiger partial charge is 0.417 e. The Morgan fingerprint density at radius 3 is 2.55 bits per heavy atom. The van der Waals surface area contributed by atoms with E-state index >= 15 is 0 Å². The number of hydrogen-bond donors (Lipinski definition) is 1. The fourth-order valence-corrected chi connectivity index (χ4v) is 5.50. The molecule has 4 aromatic rings. The van der Waals surface area contributed by atoms with E-state index in [0.29, 0.717) is 49.6 Å². The Labute approximate surface area is 214 Å². The first-order chi connectivity index (χ1) is 18.2. The lowest BCUT2D eigenvalue weighted by atomic mass is 9.89. The van der Waals surface area contributed by atoms with Crippen molar-refractivity contribution in [2.45, 2.75) is 49.9 Å². The summed E-state index contributed by atoms with van der Waals surface area (Å²) >= 11 is 0. The topological polar surface area (TPSA) is 78.2 Å². The number of fused-ring (bicyclic) bond motifs is 1. The van der Waals surface area contributed by atoms with Gasteiger partial charge in [0.05, 0.1) is 24.0 Å². The van der Waals surface area contributed by atoms with Crippen molar-refractivity contribution in [3.8, 4) is 11.5 Å². The molecule has 38 heavy (non-hydrogen) atoms. The van der Waals surface area contributed by atoms with Gasteiger partial charge in [0, 0.05) is 62.7 Å². The van der Waals surface area contributed by atoms with Gasteiger partial charge in [-0.05, 0) is 31.0 Å². The molecule has 1 unspecified atom stereocenters. The number of imidazole rings is 1. The van der Waals surface area contributed by atoms with Crippen LogP contribution in [0.3, 0.4) is 0 Å². The van der Waals surface area contributed by atoms with Gasteiger partial charge in [-0.15, -0.1) is 0 Å². The third-order valence-corrected chi connectivity index (χ3v) is 7.51.